The Morgan fingerprint density at radius 3 is 2.62 bits per heavy atom. The van der Waals surface area contributed by atoms with Crippen molar-refractivity contribution in [1.29, 1.82) is 0 Å². The van der Waals surface area contributed by atoms with E-state index in [0.29, 0.717) is 41.7 Å². The van der Waals surface area contributed by atoms with E-state index in [2.05, 4.69) is 11.0 Å². The predicted molar refractivity (Wildman–Crippen MR) is 178 cm³/mol. The number of carbonyl (C=O) groups is 1. The van der Waals surface area contributed by atoms with Crippen LogP contribution in [0.1, 0.15) is 73.9 Å². The third-order valence-corrected chi connectivity index (χ3v) is 13.0. The van der Waals surface area contributed by atoms with Gasteiger partial charge in [-0.1, -0.05) is 36.7 Å². The second-order valence-electron chi connectivity index (χ2n) is 13.0. The molecule has 3 aliphatic rings. The van der Waals surface area contributed by atoms with Gasteiger partial charge in [-0.15, -0.1) is 0 Å². The number of hydrogen-bond donors (Lipinski definition) is 1. The van der Waals surface area contributed by atoms with Crippen LogP contribution in [0.15, 0.2) is 48.6 Å². The number of allylic oxidation sites excluding steroid dienone is 1. The molecule has 0 aromatic heterocycles. The molecule has 5 atom stereocenters. The lowest BCUT2D eigenvalue weighted by Crippen LogP contribution is -2.51. The summed E-state index contributed by atoms with van der Waals surface area (Å²) >= 11 is 6.34. The van der Waals surface area contributed by atoms with E-state index in [9.17, 15) is 18.3 Å². The number of sulfonamides is 1. The molecule has 1 amide bonds. The Kier molecular flexibility index (Phi) is 10.5. The fraction of sp³-hybridized carbons (Fsp3) is 0.571. The van der Waals surface area contributed by atoms with Gasteiger partial charge in [0.05, 0.1) is 16.5 Å². The normalized spacial score (nSPS) is 29.8. The Morgan fingerprint density at radius 1 is 1.11 bits per heavy atom. The first-order valence-electron chi connectivity index (χ1n) is 16.2. The van der Waals surface area contributed by atoms with Gasteiger partial charge in [0.1, 0.15) is 12.4 Å². The third-order valence-electron chi connectivity index (χ3n) is 10.5. The largest absolute Gasteiger partial charge is 0.487 e. The molecule has 2 bridgehead atoms. The van der Waals surface area contributed by atoms with Crippen molar-refractivity contribution >= 4 is 33.2 Å². The topological polar surface area (TPSA) is 96.4 Å². The van der Waals surface area contributed by atoms with E-state index in [-0.39, 0.29) is 18.4 Å². The van der Waals surface area contributed by atoms with Crippen LogP contribution in [0, 0.1) is 17.8 Å². The van der Waals surface area contributed by atoms with E-state index >= 15 is 0 Å². The van der Waals surface area contributed by atoms with Crippen LogP contribution in [-0.4, -0.2) is 68.4 Å². The van der Waals surface area contributed by atoms with Crippen molar-refractivity contribution in [2.45, 2.75) is 76.3 Å². The number of methoxy groups -OCH3 is 1. The van der Waals surface area contributed by atoms with Crippen molar-refractivity contribution in [3.8, 4) is 5.75 Å². The summed E-state index contributed by atoms with van der Waals surface area (Å²) < 4.78 is 40.9. The summed E-state index contributed by atoms with van der Waals surface area (Å²) in [6, 6.07) is 11.2. The molecule has 2 aromatic rings. The van der Waals surface area contributed by atoms with Gasteiger partial charge in [0.15, 0.2) is 0 Å². The molecule has 2 aliphatic heterocycles. The van der Waals surface area contributed by atoms with Gasteiger partial charge in [-0.25, -0.2) is 12.7 Å². The van der Waals surface area contributed by atoms with Gasteiger partial charge in [-0.05, 0) is 105 Å². The number of rotatable bonds is 3. The predicted octanol–water partition coefficient (Wildman–Crippen LogP) is 6.24. The maximum atomic E-state index is 13.8. The third kappa shape index (κ3) is 6.92. The van der Waals surface area contributed by atoms with Crippen LogP contribution in [-0.2, 0) is 27.8 Å². The number of amides is 1. The van der Waals surface area contributed by atoms with E-state index in [4.69, 9.17) is 21.1 Å². The first kappa shape index (κ1) is 33.8. The molecule has 45 heavy (non-hydrogen) atoms. The number of aliphatic hydroxyl groups excluding tert-OH is 1. The Morgan fingerprint density at radius 2 is 1.91 bits per heavy atom. The molecule has 0 spiro atoms. The molecule has 8 nitrogen and oxygen atoms in total. The van der Waals surface area contributed by atoms with Crippen molar-refractivity contribution in [3.63, 3.8) is 0 Å². The van der Waals surface area contributed by atoms with Gasteiger partial charge >= 0.3 is 0 Å². The minimum absolute atomic E-state index is 0.0109. The van der Waals surface area contributed by atoms with Crippen molar-refractivity contribution in [3.05, 3.63) is 70.3 Å². The number of fused-ring (bicyclic) bond motifs is 3. The smallest absolute Gasteiger partial charge is 0.267 e. The number of anilines is 1. The number of carbonyl (C=O) groups excluding carboxylic acids is 1. The number of ether oxygens (including phenoxy) is 2. The number of benzene rings is 2. The first-order chi connectivity index (χ1) is 21.5. The standard InChI is InChI=1S/C35H47ClN2O6S/c1-24-8-7-16-35(43-4,17-19-39)31-14-11-28(31)22-38-18-6-5-9-26-20-30(36)13-10-29(26)23-44-33-15-12-27(21-32(33)38)34(40)37(3)45(41,42)25(24)2/h7,10,12-13,15-16,20-21,24-25,28,31,39H,5-6,8-9,11,14,17-19,22-23H2,1-4H3/b16-7+/t24-,25+,28-,31+,35-/m0/s1. The zero-order valence-corrected chi connectivity index (χ0v) is 28.4. The van der Waals surface area contributed by atoms with Crippen molar-refractivity contribution in [2.75, 3.05) is 38.8 Å². The Hall–Kier alpha value is -2.59. The Labute approximate surface area is 273 Å². The molecule has 0 unspecified atom stereocenters. The van der Waals surface area contributed by atoms with Crippen molar-refractivity contribution < 1.29 is 27.8 Å². The van der Waals surface area contributed by atoms with Crippen LogP contribution in [0.2, 0.25) is 5.02 Å². The van der Waals surface area contributed by atoms with Gasteiger partial charge in [-0.3, -0.25) is 4.79 Å². The SMILES string of the molecule is CO[C@]1(CCO)/C=C/C[C@H](C)[C@@H](C)S(=O)(=O)N(C)C(=O)c2ccc3c(c2)N(CCCCc2cc(Cl)ccc2CO3)C[C@@H]2CC[C@H]21. The minimum Gasteiger partial charge on any atom is -0.487 e. The molecule has 1 N–H and O–H groups in total. The molecule has 2 aromatic carbocycles. The lowest BCUT2D eigenvalue weighted by atomic mass is 9.63. The molecule has 0 radical (unpaired) electrons. The number of aryl methyl sites for hydroxylation is 1. The molecule has 10 heteroatoms. The van der Waals surface area contributed by atoms with E-state index in [0.717, 1.165) is 60.7 Å². The van der Waals surface area contributed by atoms with Crippen molar-refractivity contribution in [1.82, 2.24) is 4.31 Å². The maximum absolute atomic E-state index is 13.8. The van der Waals surface area contributed by atoms with Crippen LogP contribution in [0.4, 0.5) is 5.69 Å². The monoisotopic (exact) mass is 658 g/mol. The summed E-state index contributed by atoms with van der Waals surface area (Å²) in [6.07, 6.45) is 9.78. The second-order valence-corrected chi connectivity index (χ2v) is 15.8. The number of nitrogens with zero attached hydrogens (tertiary/aromatic N) is 2. The fourth-order valence-electron chi connectivity index (χ4n) is 7.19. The van der Waals surface area contributed by atoms with Crippen LogP contribution in [0.5, 0.6) is 5.75 Å². The summed E-state index contributed by atoms with van der Waals surface area (Å²) in [5.74, 6) is 0.315. The van der Waals surface area contributed by atoms with Gasteiger partial charge < -0.3 is 19.5 Å². The highest BCUT2D eigenvalue weighted by Crippen LogP contribution is 2.47. The first-order valence-corrected chi connectivity index (χ1v) is 18.0. The summed E-state index contributed by atoms with van der Waals surface area (Å²) in [6.45, 7) is 5.36. The molecule has 1 fully saturated rings. The lowest BCUT2D eigenvalue weighted by Gasteiger charge is -2.50. The molecule has 2 heterocycles. The van der Waals surface area contributed by atoms with Crippen LogP contribution < -0.4 is 9.64 Å². The summed E-state index contributed by atoms with van der Waals surface area (Å²) in [5.41, 5.74) is 2.68. The van der Waals surface area contributed by atoms with E-state index in [1.807, 2.05) is 31.2 Å². The number of halogens is 1. The molecule has 1 saturated carbocycles. The number of aliphatic hydroxyl groups is 1. The van der Waals surface area contributed by atoms with E-state index < -0.39 is 26.8 Å². The quantitative estimate of drug-likeness (QED) is 0.390. The van der Waals surface area contributed by atoms with Gasteiger partial charge in [0.25, 0.3) is 5.91 Å². The zero-order valence-electron chi connectivity index (χ0n) is 26.9. The van der Waals surface area contributed by atoms with Crippen LogP contribution >= 0.6 is 11.6 Å². The zero-order chi connectivity index (χ0) is 32.4. The average Bonchev–Trinajstić information content (AvgIpc) is 3.04. The van der Waals surface area contributed by atoms with Gasteiger partial charge in [0, 0.05) is 50.9 Å². The Balaban J connectivity index is 1.61. The van der Waals surface area contributed by atoms with E-state index in [1.54, 1.807) is 32.2 Å². The maximum Gasteiger partial charge on any atom is 0.267 e. The molecule has 246 valence electrons. The second kappa shape index (κ2) is 14.0. The minimum atomic E-state index is -3.94. The van der Waals surface area contributed by atoms with Gasteiger partial charge in [-0.2, -0.15) is 0 Å². The Bertz CT molecular complexity index is 1510. The highest BCUT2D eigenvalue weighted by Gasteiger charge is 2.47. The summed E-state index contributed by atoms with van der Waals surface area (Å²) in [4.78, 5) is 16.1. The molecule has 1 aliphatic carbocycles. The number of hydrogen-bond acceptors (Lipinski definition) is 7. The van der Waals surface area contributed by atoms with Gasteiger partial charge in [0.2, 0.25) is 10.0 Å². The lowest BCUT2D eigenvalue weighted by molar-refractivity contribution is -0.0863. The van der Waals surface area contributed by atoms with Crippen LogP contribution in [0.25, 0.3) is 0 Å². The molecule has 0 saturated heterocycles. The fourth-order valence-corrected chi connectivity index (χ4v) is 8.92. The van der Waals surface area contributed by atoms with E-state index in [1.165, 1.54) is 12.6 Å². The molecule has 5 rings (SSSR count). The molecular weight excluding hydrogens is 612 g/mol. The van der Waals surface area contributed by atoms with Crippen LogP contribution in [0.3, 0.4) is 0 Å². The molecular formula is C35H47ClN2O6S. The average molecular weight is 659 g/mol. The summed E-state index contributed by atoms with van der Waals surface area (Å²) in [7, 11) is -0.889. The highest BCUT2D eigenvalue weighted by molar-refractivity contribution is 7.90. The highest BCUT2D eigenvalue weighted by atomic mass is 35.5. The summed E-state index contributed by atoms with van der Waals surface area (Å²) in [5, 5.41) is 10.0. The van der Waals surface area contributed by atoms with Crippen molar-refractivity contribution in [2.24, 2.45) is 17.8 Å².